The molecule has 0 atom stereocenters. The molecule has 1 amide bonds. The van der Waals surface area contributed by atoms with Gasteiger partial charge in [-0.15, -0.1) is 0 Å². The van der Waals surface area contributed by atoms with Gasteiger partial charge in [-0.2, -0.15) is 5.10 Å². The first-order valence-electron chi connectivity index (χ1n) is 9.79. The summed E-state index contributed by atoms with van der Waals surface area (Å²) in [5, 5.41) is 11.1. The smallest absolute Gasteiger partial charge is 0.278 e. The average Bonchev–Trinajstić information content (AvgIpc) is 3.43. The molecular formula is C23H18ClN7O. The van der Waals surface area contributed by atoms with E-state index in [0.29, 0.717) is 27.7 Å². The van der Waals surface area contributed by atoms with Crippen LogP contribution in [0.25, 0.3) is 33.4 Å². The van der Waals surface area contributed by atoms with Crippen molar-refractivity contribution < 1.29 is 4.79 Å². The molecule has 2 aromatic carbocycles. The number of aromatic amines is 1. The molecule has 4 N–H and O–H groups in total. The molecule has 8 nitrogen and oxygen atoms in total. The van der Waals surface area contributed by atoms with Crippen molar-refractivity contribution in [3.63, 3.8) is 0 Å². The molecule has 0 saturated heterocycles. The van der Waals surface area contributed by atoms with Crippen LogP contribution in [0.1, 0.15) is 10.5 Å². The summed E-state index contributed by atoms with van der Waals surface area (Å²) in [6.45, 7) is 0. The highest BCUT2D eigenvalue weighted by Crippen LogP contribution is 2.35. The molecule has 0 aliphatic rings. The number of nitrogens with two attached hydrogens (primary N) is 1. The highest BCUT2D eigenvalue weighted by Gasteiger charge is 2.21. The Hall–Kier alpha value is -4.17. The largest absolute Gasteiger partial charge is 0.382 e. The molecule has 0 aliphatic heterocycles. The van der Waals surface area contributed by atoms with Crippen molar-refractivity contribution in [3.8, 4) is 22.5 Å². The first-order chi connectivity index (χ1) is 15.5. The zero-order chi connectivity index (χ0) is 22.2. The number of H-pyrrole nitrogens is 1. The van der Waals surface area contributed by atoms with Crippen LogP contribution >= 0.6 is 11.6 Å². The predicted octanol–water partition coefficient (Wildman–Crippen LogP) is 4.51. The second kappa shape index (κ2) is 7.82. The molecule has 3 heterocycles. The Morgan fingerprint density at radius 2 is 1.88 bits per heavy atom. The number of nitrogens with zero attached hydrogens (tertiary/aromatic N) is 4. The third kappa shape index (κ3) is 3.57. The maximum atomic E-state index is 13.0. The number of aryl methyl sites for hydroxylation is 1. The summed E-state index contributed by atoms with van der Waals surface area (Å²) in [6.07, 6.45) is 5.30. The number of fused-ring (bicyclic) bond motifs is 1. The fraction of sp³-hybridized carbons (Fsp3) is 0.0435. The minimum absolute atomic E-state index is 0.0342. The van der Waals surface area contributed by atoms with Gasteiger partial charge in [0.1, 0.15) is 0 Å². The minimum Gasteiger partial charge on any atom is -0.382 e. The summed E-state index contributed by atoms with van der Waals surface area (Å²) in [5.41, 5.74) is 10.1. The van der Waals surface area contributed by atoms with Gasteiger partial charge in [0.15, 0.2) is 11.5 Å². The minimum atomic E-state index is -0.447. The first kappa shape index (κ1) is 19.8. The van der Waals surface area contributed by atoms with Crippen LogP contribution in [0, 0.1) is 0 Å². The number of nitrogens with one attached hydrogen (secondary N) is 2. The van der Waals surface area contributed by atoms with Gasteiger partial charge in [-0.1, -0.05) is 41.9 Å². The molecule has 5 rings (SSSR count). The van der Waals surface area contributed by atoms with E-state index in [1.165, 1.54) is 0 Å². The topological polar surface area (TPSA) is 115 Å². The van der Waals surface area contributed by atoms with E-state index in [1.807, 2.05) is 54.2 Å². The quantitative estimate of drug-likeness (QED) is 0.378. The van der Waals surface area contributed by atoms with Gasteiger partial charge in [0.05, 0.1) is 33.8 Å². The monoisotopic (exact) mass is 443 g/mol. The number of rotatable bonds is 4. The third-order valence-electron chi connectivity index (χ3n) is 5.05. The summed E-state index contributed by atoms with van der Waals surface area (Å²) in [4.78, 5) is 22.2. The molecule has 0 radical (unpaired) electrons. The van der Waals surface area contributed by atoms with Gasteiger partial charge in [-0.05, 0) is 18.2 Å². The number of carbonyl (C=O) groups excluding carboxylic acids is 1. The van der Waals surface area contributed by atoms with Gasteiger partial charge < -0.3 is 15.6 Å². The van der Waals surface area contributed by atoms with Gasteiger partial charge in [-0.25, -0.2) is 9.97 Å². The lowest BCUT2D eigenvalue weighted by Gasteiger charge is -2.13. The standard InChI is InChI=1S/C23H18ClN7O/c1-31-8-7-16(12-31)27-23(32)21-22(25)29-19(13-5-3-2-4-6-13)20(28-21)14-9-15-11-26-30-18(15)17(24)10-14/h2-12H,1H3,(H2,25,29)(H,26,30)(H,27,32). The fourth-order valence-corrected chi connectivity index (χ4v) is 3.80. The maximum absolute atomic E-state index is 13.0. The number of amides is 1. The Morgan fingerprint density at radius 3 is 2.62 bits per heavy atom. The lowest BCUT2D eigenvalue weighted by molar-refractivity contribution is 0.102. The summed E-state index contributed by atoms with van der Waals surface area (Å²) in [5.74, 6) is -0.408. The van der Waals surface area contributed by atoms with Crippen LogP contribution in [-0.4, -0.2) is 30.6 Å². The Morgan fingerprint density at radius 1 is 1.09 bits per heavy atom. The molecule has 9 heteroatoms. The zero-order valence-corrected chi connectivity index (χ0v) is 17.8. The van der Waals surface area contributed by atoms with Crippen molar-refractivity contribution in [1.82, 2.24) is 24.7 Å². The number of hydrogen-bond acceptors (Lipinski definition) is 5. The van der Waals surface area contributed by atoms with Gasteiger partial charge in [0, 0.05) is 36.0 Å². The number of anilines is 2. The van der Waals surface area contributed by atoms with Crippen molar-refractivity contribution in [2.45, 2.75) is 0 Å². The zero-order valence-electron chi connectivity index (χ0n) is 17.0. The fourth-order valence-electron chi connectivity index (χ4n) is 3.53. The predicted molar refractivity (Wildman–Crippen MR) is 125 cm³/mol. The van der Waals surface area contributed by atoms with Crippen molar-refractivity contribution >= 4 is 39.9 Å². The molecule has 0 bridgehead atoms. The molecule has 0 fully saturated rings. The number of nitrogen functional groups attached to an aromatic ring is 1. The van der Waals surface area contributed by atoms with Crippen LogP contribution in [0.2, 0.25) is 5.02 Å². The normalized spacial score (nSPS) is 11.1. The van der Waals surface area contributed by atoms with E-state index in [2.05, 4.69) is 25.5 Å². The SMILES string of the molecule is Cn1ccc(NC(=O)c2nc(-c3cc(Cl)c4[nH]ncc4c3)c(-c3ccccc3)nc2N)c1. The molecule has 0 saturated carbocycles. The van der Waals surface area contributed by atoms with Crippen LogP contribution in [0.3, 0.4) is 0 Å². The van der Waals surface area contributed by atoms with Crippen molar-refractivity contribution in [3.05, 3.63) is 77.8 Å². The number of benzene rings is 2. The van der Waals surface area contributed by atoms with E-state index in [9.17, 15) is 4.79 Å². The van der Waals surface area contributed by atoms with E-state index in [1.54, 1.807) is 24.5 Å². The Balaban J connectivity index is 1.68. The van der Waals surface area contributed by atoms with Crippen molar-refractivity contribution in [2.75, 3.05) is 11.1 Å². The molecule has 5 aromatic rings. The first-order valence-corrected chi connectivity index (χ1v) is 10.2. The van der Waals surface area contributed by atoms with Crippen LogP contribution in [0.5, 0.6) is 0 Å². The summed E-state index contributed by atoms with van der Waals surface area (Å²) < 4.78 is 1.83. The van der Waals surface area contributed by atoms with E-state index in [4.69, 9.17) is 17.3 Å². The molecule has 32 heavy (non-hydrogen) atoms. The van der Waals surface area contributed by atoms with Crippen LogP contribution in [0.15, 0.2) is 67.1 Å². The highest BCUT2D eigenvalue weighted by atomic mass is 35.5. The number of hydrogen-bond donors (Lipinski definition) is 3. The van der Waals surface area contributed by atoms with Gasteiger partial charge in [-0.3, -0.25) is 9.89 Å². The number of carbonyl (C=O) groups is 1. The summed E-state index contributed by atoms with van der Waals surface area (Å²) in [6, 6.07) is 15.0. The Labute approximate surface area is 188 Å². The second-order valence-corrected chi connectivity index (χ2v) is 7.74. The lowest BCUT2D eigenvalue weighted by atomic mass is 10.0. The molecule has 0 aliphatic carbocycles. The number of halogens is 1. The Kier molecular flexibility index (Phi) is 4.84. The third-order valence-corrected chi connectivity index (χ3v) is 5.35. The Bertz CT molecular complexity index is 1460. The number of aromatic nitrogens is 5. The van der Waals surface area contributed by atoms with Crippen molar-refractivity contribution in [1.29, 1.82) is 0 Å². The van der Waals surface area contributed by atoms with Gasteiger partial charge >= 0.3 is 0 Å². The van der Waals surface area contributed by atoms with E-state index in [-0.39, 0.29) is 11.5 Å². The maximum Gasteiger partial charge on any atom is 0.278 e. The van der Waals surface area contributed by atoms with Crippen LogP contribution < -0.4 is 11.1 Å². The van der Waals surface area contributed by atoms with Crippen molar-refractivity contribution in [2.24, 2.45) is 7.05 Å². The summed E-state index contributed by atoms with van der Waals surface area (Å²) >= 11 is 6.47. The summed E-state index contributed by atoms with van der Waals surface area (Å²) in [7, 11) is 1.87. The van der Waals surface area contributed by atoms with E-state index < -0.39 is 5.91 Å². The average molecular weight is 444 g/mol. The van der Waals surface area contributed by atoms with Crippen LogP contribution in [-0.2, 0) is 7.05 Å². The molecule has 0 spiro atoms. The van der Waals surface area contributed by atoms with Crippen LogP contribution in [0.4, 0.5) is 11.5 Å². The second-order valence-electron chi connectivity index (χ2n) is 7.33. The van der Waals surface area contributed by atoms with Gasteiger partial charge in [0.2, 0.25) is 0 Å². The van der Waals surface area contributed by atoms with Gasteiger partial charge in [0.25, 0.3) is 5.91 Å². The van der Waals surface area contributed by atoms with E-state index >= 15 is 0 Å². The van der Waals surface area contributed by atoms with E-state index in [0.717, 1.165) is 16.5 Å². The lowest BCUT2D eigenvalue weighted by Crippen LogP contribution is -2.17. The molecule has 0 unspecified atom stereocenters. The highest BCUT2D eigenvalue weighted by molar-refractivity contribution is 6.35. The molecular weight excluding hydrogens is 426 g/mol. The molecule has 158 valence electrons. The molecule has 3 aromatic heterocycles.